The number of halogens is 1. The van der Waals surface area contributed by atoms with Crippen molar-refractivity contribution in [3.05, 3.63) is 18.0 Å². The first-order chi connectivity index (χ1) is 9.10. The van der Waals surface area contributed by atoms with Gasteiger partial charge in [-0.2, -0.15) is 5.10 Å². The molecule has 20 heavy (non-hydrogen) atoms. The number of carbonyl (C=O) groups is 1. The maximum Gasteiger partial charge on any atom is 0.341 e. The molecule has 0 aliphatic carbocycles. The number of ether oxygens (including phenoxy) is 1. The quantitative estimate of drug-likeness (QED) is 0.508. The van der Waals surface area contributed by atoms with Crippen LogP contribution >= 0.6 is 12.4 Å². The number of esters is 1. The molecule has 0 fully saturated rings. The molecule has 0 saturated heterocycles. The van der Waals surface area contributed by atoms with E-state index in [9.17, 15) is 4.79 Å². The van der Waals surface area contributed by atoms with Crippen LogP contribution in [0, 0.1) is 0 Å². The summed E-state index contributed by atoms with van der Waals surface area (Å²) in [5.41, 5.74) is 4.00. The third-order valence-corrected chi connectivity index (χ3v) is 2.75. The van der Waals surface area contributed by atoms with Crippen LogP contribution in [0.15, 0.2) is 12.4 Å². The molecule has 0 atom stereocenters. The van der Waals surface area contributed by atoms with Crippen LogP contribution < -0.4 is 11.3 Å². The summed E-state index contributed by atoms with van der Waals surface area (Å²) in [6.45, 7) is 6.05. The van der Waals surface area contributed by atoms with Crippen LogP contribution in [0.4, 0.5) is 5.69 Å². The number of nitrogen functional groups attached to an aromatic ring is 1. The van der Waals surface area contributed by atoms with Crippen LogP contribution in [0.25, 0.3) is 11.0 Å². The Morgan fingerprint density at radius 1 is 1.50 bits per heavy atom. The minimum atomic E-state index is -0.456. The van der Waals surface area contributed by atoms with Crippen LogP contribution in [0.1, 0.15) is 37.2 Å². The topological polar surface area (TPSA) is 95.1 Å². The van der Waals surface area contributed by atoms with E-state index in [-0.39, 0.29) is 18.4 Å². The molecular weight excluding hydrogens is 282 g/mol. The van der Waals surface area contributed by atoms with Gasteiger partial charge in [-0.1, -0.05) is 0 Å². The highest BCUT2D eigenvalue weighted by atomic mass is 35.5. The molecule has 0 radical (unpaired) electrons. The van der Waals surface area contributed by atoms with Crippen molar-refractivity contribution in [3.63, 3.8) is 0 Å². The monoisotopic (exact) mass is 299 g/mol. The second-order valence-electron chi connectivity index (χ2n) is 4.33. The molecule has 2 heterocycles. The van der Waals surface area contributed by atoms with E-state index in [2.05, 4.69) is 15.5 Å². The van der Waals surface area contributed by atoms with E-state index >= 15 is 0 Å². The van der Waals surface area contributed by atoms with E-state index in [4.69, 9.17) is 10.6 Å². The van der Waals surface area contributed by atoms with Crippen LogP contribution in [0.2, 0.25) is 0 Å². The molecular formula is C12H18ClN5O2. The molecule has 2 rings (SSSR count). The first-order valence-electron chi connectivity index (χ1n) is 6.10. The van der Waals surface area contributed by atoms with Crippen molar-refractivity contribution in [1.82, 2.24) is 14.8 Å². The number of carbonyl (C=O) groups excluding carboxylic acids is 1. The number of fused-ring (bicyclic) bond motifs is 1. The van der Waals surface area contributed by atoms with Gasteiger partial charge < -0.3 is 10.2 Å². The third kappa shape index (κ3) is 2.68. The van der Waals surface area contributed by atoms with Crippen molar-refractivity contribution in [2.45, 2.75) is 26.8 Å². The van der Waals surface area contributed by atoms with Gasteiger partial charge in [0.1, 0.15) is 5.56 Å². The van der Waals surface area contributed by atoms with Crippen LogP contribution in [0.5, 0.6) is 0 Å². The summed E-state index contributed by atoms with van der Waals surface area (Å²) >= 11 is 0. The summed E-state index contributed by atoms with van der Waals surface area (Å²) in [6.07, 6.45) is 3.09. The molecule has 0 aliphatic heterocycles. The molecule has 2 aromatic rings. The Kier molecular flexibility index (Phi) is 5.29. The molecule has 0 saturated carbocycles. The molecule has 8 heteroatoms. The van der Waals surface area contributed by atoms with E-state index in [1.54, 1.807) is 17.8 Å². The lowest BCUT2D eigenvalue weighted by Crippen LogP contribution is -2.15. The maximum absolute atomic E-state index is 11.8. The van der Waals surface area contributed by atoms with Gasteiger partial charge in [0.25, 0.3) is 0 Å². The van der Waals surface area contributed by atoms with Gasteiger partial charge in [0.2, 0.25) is 0 Å². The molecule has 7 nitrogen and oxygen atoms in total. The fourth-order valence-corrected chi connectivity index (χ4v) is 1.89. The van der Waals surface area contributed by atoms with E-state index in [1.165, 1.54) is 6.20 Å². The van der Waals surface area contributed by atoms with E-state index in [1.807, 2.05) is 13.8 Å². The normalized spacial score (nSPS) is 10.4. The number of pyridine rings is 1. The van der Waals surface area contributed by atoms with Crippen molar-refractivity contribution in [3.8, 4) is 0 Å². The highest BCUT2D eigenvalue weighted by Crippen LogP contribution is 2.26. The lowest BCUT2D eigenvalue weighted by atomic mass is 10.2. The average Bonchev–Trinajstić information content (AvgIpc) is 2.81. The first-order valence-corrected chi connectivity index (χ1v) is 6.10. The smallest absolute Gasteiger partial charge is 0.341 e. The zero-order valence-electron chi connectivity index (χ0n) is 11.6. The van der Waals surface area contributed by atoms with E-state index in [0.29, 0.717) is 28.9 Å². The first kappa shape index (κ1) is 16.2. The summed E-state index contributed by atoms with van der Waals surface area (Å²) in [6, 6.07) is 0.170. The SMILES string of the molecule is CCOC(=O)c1cnc2c(cnn2C(C)C)c1NN.Cl. The standard InChI is InChI=1S/C12H17N5O2.ClH/c1-4-19-12(18)9-5-14-11-8(10(9)16-13)6-15-17(11)7(2)3;/h5-7H,4,13H2,1-3H3,(H,14,16);1H. The Hall–Kier alpha value is -1.86. The van der Waals surface area contributed by atoms with Gasteiger partial charge in [-0.05, 0) is 20.8 Å². The van der Waals surface area contributed by atoms with Crippen molar-refractivity contribution in [1.29, 1.82) is 0 Å². The maximum atomic E-state index is 11.8. The van der Waals surface area contributed by atoms with Crippen LogP contribution in [-0.4, -0.2) is 27.3 Å². The van der Waals surface area contributed by atoms with E-state index in [0.717, 1.165) is 0 Å². The highest BCUT2D eigenvalue weighted by molar-refractivity contribution is 6.03. The lowest BCUT2D eigenvalue weighted by molar-refractivity contribution is 0.0527. The Labute approximate surface area is 122 Å². The number of anilines is 1. The van der Waals surface area contributed by atoms with Crippen molar-refractivity contribution >= 4 is 35.1 Å². The minimum absolute atomic E-state index is 0. The molecule has 0 aliphatic rings. The van der Waals surface area contributed by atoms with Crippen LogP contribution in [0.3, 0.4) is 0 Å². The van der Waals surface area contributed by atoms with Gasteiger partial charge in [0.05, 0.1) is 23.9 Å². The third-order valence-electron chi connectivity index (χ3n) is 2.75. The predicted octanol–water partition coefficient (Wildman–Crippen LogP) is 1.90. The molecule has 0 bridgehead atoms. The predicted molar refractivity (Wildman–Crippen MR) is 78.9 cm³/mol. The molecule has 2 aromatic heterocycles. The number of nitrogens with two attached hydrogens (primary N) is 1. The molecule has 0 spiro atoms. The number of nitrogens with one attached hydrogen (secondary N) is 1. The Bertz CT molecular complexity index is 611. The second kappa shape index (κ2) is 6.53. The summed E-state index contributed by atoms with van der Waals surface area (Å²) in [5.74, 6) is 5.06. The number of nitrogens with zero attached hydrogens (tertiary/aromatic N) is 3. The number of hydrogen-bond acceptors (Lipinski definition) is 6. The molecule has 0 amide bonds. The summed E-state index contributed by atoms with van der Waals surface area (Å²) in [5, 5.41) is 4.95. The average molecular weight is 300 g/mol. The van der Waals surface area contributed by atoms with Crippen LogP contribution in [-0.2, 0) is 4.74 Å². The summed E-state index contributed by atoms with van der Waals surface area (Å²) < 4.78 is 6.74. The van der Waals surface area contributed by atoms with Crippen molar-refractivity contribution in [2.24, 2.45) is 5.84 Å². The van der Waals surface area contributed by atoms with Crippen molar-refractivity contribution < 1.29 is 9.53 Å². The van der Waals surface area contributed by atoms with Gasteiger partial charge in [-0.3, -0.25) is 5.84 Å². The Morgan fingerprint density at radius 3 is 2.75 bits per heavy atom. The van der Waals surface area contributed by atoms with Gasteiger partial charge >= 0.3 is 5.97 Å². The molecule has 110 valence electrons. The fourth-order valence-electron chi connectivity index (χ4n) is 1.89. The number of hydrazine groups is 1. The Balaban J connectivity index is 0.00000200. The molecule has 0 unspecified atom stereocenters. The van der Waals surface area contributed by atoms with Gasteiger partial charge in [0, 0.05) is 12.2 Å². The van der Waals surface area contributed by atoms with Crippen molar-refractivity contribution in [2.75, 3.05) is 12.0 Å². The number of aromatic nitrogens is 3. The minimum Gasteiger partial charge on any atom is -0.462 e. The number of hydrogen-bond donors (Lipinski definition) is 2. The lowest BCUT2D eigenvalue weighted by Gasteiger charge is -2.10. The molecule has 3 N–H and O–H groups in total. The zero-order valence-corrected chi connectivity index (χ0v) is 12.4. The second-order valence-corrected chi connectivity index (χ2v) is 4.33. The number of rotatable bonds is 4. The largest absolute Gasteiger partial charge is 0.462 e. The fraction of sp³-hybridized carbons (Fsp3) is 0.417. The highest BCUT2D eigenvalue weighted by Gasteiger charge is 2.19. The van der Waals surface area contributed by atoms with Gasteiger partial charge in [0.15, 0.2) is 5.65 Å². The Morgan fingerprint density at radius 2 is 2.20 bits per heavy atom. The van der Waals surface area contributed by atoms with Gasteiger partial charge in [-0.15, -0.1) is 12.4 Å². The zero-order chi connectivity index (χ0) is 14.0. The van der Waals surface area contributed by atoms with Gasteiger partial charge in [-0.25, -0.2) is 14.5 Å². The summed E-state index contributed by atoms with van der Waals surface area (Å²) in [7, 11) is 0. The van der Waals surface area contributed by atoms with E-state index < -0.39 is 5.97 Å². The molecule has 0 aromatic carbocycles. The summed E-state index contributed by atoms with van der Waals surface area (Å²) in [4.78, 5) is 16.1.